The van der Waals surface area contributed by atoms with Gasteiger partial charge in [0.15, 0.2) is 5.82 Å². The molecular weight excluding hydrogens is 416 g/mol. The largest absolute Gasteiger partial charge is 0.471 e. The van der Waals surface area contributed by atoms with Crippen LogP contribution in [0.3, 0.4) is 0 Å². The van der Waals surface area contributed by atoms with Crippen LogP contribution >= 0.6 is 11.6 Å². The Bertz CT molecular complexity index is 976. The summed E-state index contributed by atoms with van der Waals surface area (Å²) in [6.07, 6.45) is 2.89. The second-order valence-corrected chi connectivity index (χ2v) is 8.21. The van der Waals surface area contributed by atoms with Crippen LogP contribution in [-0.4, -0.2) is 39.7 Å². The lowest BCUT2D eigenvalue weighted by molar-refractivity contribution is 0.0270. The van der Waals surface area contributed by atoms with Gasteiger partial charge < -0.3 is 14.4 Å². The standard InChI is InChI=1S/C21H22ClF2N3O3/c1-21(2,3)30-20(28)27-8-6-13(7-9-27)18-25-11-17(24)19(26-18)29-12-14-4-5-15(22)10-16(14)23/h4-6,10-11H,7-9,12H2,1-3H3. The minimum Gasteiger partial charge on any atom is -0.471 e. The van der Waals surface area contributed by atoms with E-state index in [0.717, 1.165) is 17.8 Å². The molecule has 0 N–H and O–H groups in total. The summed E-state index contributed by atoms with van der Waals surface area (Å²) in [4.78, 5) is 21.9. The van der Waals surface area contributed by atoms with Crippen LogP contribution in [-0.2, 0) is 11.3 Å². The third-order valence-corrected chi connectivity index (χ3v) is 4.47. The molecule has 9 heteroatoms. The van der Waals surface area contributed by atoms with Crippen LogP contribution in [0.4, 0.5) is 13.6 Å². The summed E-state index contributed by atoms with van der Waals surface area (Å²) >= 11 is 5.73. The number of carbonyl (C=O) groups excluding carboxylic acids is 1. The summed E-state index contributed by atoms with van der Waals surface area (Å²) in [7, 11) is 0. The number of amides is 1. The molecule has 3 rings (SSSR count). The number of ether oxygens (including phenoxy) is 2. The van der Waals surface area contributed by atoms with Crippen molar-refractivity contribution in [2.75, 3.05) is 13.1 Å². The van der Waals surface area contributed by atoms with Crippen molar-refractivity contribution < 1.29 is 23.0 Å². The Morgan fingerprint density at radius 1 is 1.27 bits per heavy atom. The zero-order valence-electron chi connectivity index (χ0n) is 16.9. The quantitative estimate of drug-likeness (QED) is 0.672. The molecule has 1 aliphatic rings. The van der Waals surface area contributed by atoms with Crippen molar-refractivity contribution in [1.82, 2.24) is 14.9 Å². The van der Waals surface area contributed by atoms with Crippen molar-refractivity contribution in [2.45, 2.75) is 39.4 Å². The van der Waals surface area contributed by atoms with Crippen LogP contribution in [0.25, 0.3) is 5.57 Å². The van der Waals surface area contributed by atoms with Gasteiger partial charge in [0.2, 0.25) is 5.82 Å². The Morgan fingerprint density at radius 2 is 2.03 bits per heavy atom. The molecule has 1 aromatic heterocycles. The van der Waals surface area contributed by atoms with Gasteiger partial charge >= 0.3 is 6.09 Å². The fourth-order valence-corrected chi connectivity index (χ4v) is 2.92. The Labute approximate surface area is 178 Å². The predicted molar refractivity (Wildman–Crippen MR) is 108 cm³/mol. The Kier molecular flexibility index (Phi) is 6.55. The highest BCUT2D eigenvalue weighted by Crippen LogP contribution is 2.24. The number of halogens is 3. The van der Waals surface area contributed by atoms with E-state index in [1.54, 1.807) is 31.7 Å². The molecule has 30 heavy (non-hydrogen) atoms. The molecule has 2 heterocycles. The van der Waals surface area contributed by atoms with Gasteiger partial charge in [-0.2, -0.15) is 9.37 Å². The van der Waals surface area contributed by atoms with E-state index in [0.29, 0.717) is 25.3 Å². The van der Waals surface area contributed by atoms with Gasteiger partial charge in [0, 0.05) is 23.7 Å². The van der Waals surface area contributed by atoms with E-state index in [-0.39, 0.29) is 23.1 Å². The summed E-state index contributed by atoms with van der Waals surface area (Å²) in [5, 5.41) is 0.261. The molecule has 160 valence electrons. The molecule has 2 aromatic rings. The number of carbonyl (C=O) groups is 1. The smallest absolute Gasteiger partial charge is 0.410 e. The SMILES string of the molecule is CC(C)(C)OC(=O)N1CC=C(c2ncc(F)c(OCc3ccc(Cl)cc3F)n2)CC1. The molecule has 0 saturated carbocycles. The van der Waals surface area contributed by atoms with Gasteiger partial charge in [-0.25, -0.2) is 14.2 Å². The van der Waals surface area contributed by atoms with Crippen LogP contribution in [0.5, 0.6) is 5.88 Å². The monoisotopic (exact) mass is 437 g/mol. The lowest BCUT2D eigenvalue weighted by Gasteiger charge is -2.29. The highest BCUT2D eigenvalue weighted by Gasteiger charge is 2.25. The van der Waals surface area contributed by atoms with Crippen LogP contribution < -0.4 is 4.74 Å². The number of benzene rings is 1. The van der Waals surface area contributed by atoms with Crippen molar-refractivity contribution in [3.05, 3.63) is 58.5 Å². The van der Waals surface area contributed by atoms with Gasteiger partial charge in [-0.3, -0.25) is 0 Å². The van der Waals surface area contributed by atoms with Gasteiger partial charge in [0.1, 0.15) is 18.0 Å². The number of rotatable bonds is 4. The van der Waals surface area contributed by atoms with Crippen LogP contribution in [0, 0.1) is 11.6 Å². The van der Waals surface area contributed by atoms with Crippen molar-refractivity contribution in [1.29, 1.82) is 0 Å². The highest BCUT2D eigenvalue weighted by molar-refractivity contribution is 6.30. The number of nitrogens with zero attached hydrogens (tertiary/aromatic N) is 3. The maximum Gasteiger partial charge on any atom is 0.410 e. The summed E-state index contributed by atoms with van der Waals surface area (Å²) in [5.41, 5.74) is 0.415. The second kappa shape index (κ2) is 8.95. The predicted octanol–water partition coefficient (Wildman–Crippen LogP) is 5.01. The molecule has 0 saturated heterocycles. The molecule has 1 aromatic carbocycles. The van der Waals surface area contributed by atoms with Gasteiger partial charge in [-0.05, 0) is 44.9 Å². The van der Waals surface area contributed by atoms with Gasteiger partial charge in [0.05, 0.1) is 6.20 Å². The lowest BCUT2D eigenvalue weighted by Crippen LogP contribution is -2.39. The summed E-state index contributed by atoms with van der Waals surface area (Å²) < 4.78 is 38.7. The minimum absolute atomic E-state index is 0.207. The Hall–Kier alpha value is -2.74. The van der Waals surface area contributed by atoms with Crippen molar-refractivity contribution in [2.24, 2.45) is 0 Å². The van der Waals surface area contributed by atoms with Crippen molar-refractivity contribution in [3.8, 4) is 5.88 Å². The Morgan fingerprint density at radius 3 is 2.67 bits per heavy atom. The summed E-state index contributed by atoms with van der Waals surface area (Å²) in [6, 6.07) is 4.15. The third kappa shape index (κ3) is 5.66. The fraction of sp³-hybridized carbons (Fsp3) is 0.381. The maximum atomic E-state index is 14.1. The zero-order chi connectivity index (χ0) is 21.9. The summed E-state index contributed by atoms with van der Waals surface area (Å²) in [5.74, 6) is -1.27. The molecule has 0 unspecified atom stereocenters. The van der Waals surface area contributed by atoms with E-state index >= 15 is 0 Å². The molecule has 6 nitrogen and oxygen atoms in total. The van der Waals surface area contributed by atoms with Gasteiger partial charge in [-0.15, -0.1) is 0 Å². The first-order valence-corrected chi connectivity index (χ1v) is 9.77. The Balaban J connectivity index is 1.68. The van der Waals surface area contributed by atoms with Gasteiger partial charge in [-0.1, -0.05) is 23.7 Å². The van der Waals surface area contributed by atoms with E-state index in [1.807, 2.05) is 0 Å². The lowest BCUT2D eigenvalue weighted by atomic mass is 10.1. The number of hydrogen-bond donors (Lipinski definition) is 0. The summed E-state index contributed by atoms with van der Waals surface area (Å²) in [6.45, 7) is 5.96. The van der Waals surface area contributed by atoms with E-state index in [1.165, 1.54) is 12.1 Å². The molecule has 0 bridgehead atoms. The zero-order valence-corrected chi connectivity index (χ0v) is 17.7. The molecular formula is C21H22ClF2N3O3. The van der Waals surface area contributed by atoms with Crippen LogP contribution in [0.1, 0.15) is 38.6 Å². The number of aromatic nitrogens is 2. The fourth-order valence-electron chi connectivity index (χ4n) is 2.76. The average Bonchev–Trinajstić information content (AvgIpc) is 2.67. The third-order valence-electron chi connectivity index (χ3n) is 4.24. The molecule has 0 atom stereocenters. The number of hydrogen-bond acceptors (Lipinski definition) is 5. The maximum absolute atomic E-state index is 14.1. The first kappa shape index (κ1) is 22.0. The normalized spacial score (nSPS) is 14.3. The van der Waals surface area contributed by atoms with Crippen molar-refractivity contribution in [3.63, 3.8) is 0 Å². The molecule has 0 aliphatic carbocycles. The topological polar surface area (TPSA) is 64.5 Å². The molecule has 1 aliphatic heterocycles. The van der Waals surface area contributed by atoms with Crippen molar-refractivity contribution >= 4 is 23.3 Å². The van der Waals surface area contributed by atoms with E-state index < -0.39 is 23.3 Å². The first-order valence-electron chi connectivity index (χ1n) is 9.39. The first-order chi connectivity index (χ1) is 14.1. The van der Waals surface area contributed by atoms with E-state index in [2.05, 4.69) is 9.97 Å². The van der Waals surface area contributed by atoms with Crippen LogP contribution in [0.15, 0.2) is 30.5 Å². The average molecular weight is 438 g/mol. The molecule has 0 spiro atoms. The van der Waals surface area contributed by atoms with Gasteiger partial charge in [0.25, 0.3) is 5.88 Å². The van der Waals surface area contributed by atoms with E-state index in [4.69, 9.17) is 21.1 Å². The minimum atomic E-state index is -0.750. The molecule has 0 radical (unpaired) electrons. The second-order valence-electron chi connectivity index (χ2n) is 7.78. The highest BCUT2D eigenvalue weighted by atomic mass is 35.5. The van der Waals surface area contributed by atoms with Crippen LogP contribution in [0.2, 0.25) is 5.02 Å². The van der Waals surface area contributed by atoms with E-state index in [9.17, 15) is 13.6 Å². The molecule has 0 fully saturated rings. The molecule has 1 amide bonds.